The number of benzene rings is 1. The molecule has 0 saturated carbocycles. The van der Waals surface area contributed by atoms with Gasteiger partial charge >= 0.3 is 6.09 Å². The number of amides is 1. The average Bonchev–Trinajstić information content (AvgIpc) is 3.11. The van der Waals surface area contributed by atoms with Crippen LogP contribution in [-0.4, -0.2) is 39.7 Å². The lowest BCUT2D eigenvalue weighted by atomic mass is 9.92. The Morgan fingerprint density at radius 2 is 1.87 bits per heavy atom. The van der Waals surface area contributed by atoms with Crippen LogP contribution in [0.3, 0.4) is 0 Å². The molecule has 1 saturated heterocycles. The van der Waals surface area contributed by atoms with Crippen LogP contribution in [0.2, 0.25) is 0 Å². The van der Waals surface area contributed by atoms with E-state index >= 15 is 0 Å². The van der Waals surface area contributed by atoms with Gasteiger partial charge in [0.1, 0.15) is 11.4 Å². The van der Waals surface area contributed by atoms with E-state index in [0.29, 0.717) is 13.1 Å². The topological polar surface area (TPSA) is 58.2 Å². The summed E-state index contributed by atoms with van der Waals surface area (Å²) in [5, 5.41) is 0. The van der Waals surface area contributed by atoms with Crippen molar-refractivity contribution in [3.63, 3.8) is 0 Å². The molecule has 1 aliphatic rings. The van der Waals surface area contributed by atoms with E-state index in [-0.39, 0.29) is 6.09 Å². The molecule has 0 bridgehead atoms. The van der Waals surface area contributed by atoms with Crippen LogP contribution in [0.4, 0.5) is 4.79 Å². The van der Waals surface area contributed by atoms with Crippen LogP contribution in [0.1, 0.15) is 63.3 Å². The number of halogens is 1. The van der Waals surface area contributed by atoms with Gasteiger partial charge in [0.2, 0.25) is 0 Å². The first-order valence-corrected chi connectivity index (χ1v) is 11.3. The SMILES string of the molecule is C=Cc1nc(C(=C2CCN(C(=O)OC(C)(C)C)CC2)c2ccc(Br)cc2)[nH]c1/C=C\C. The smallest absolute Gasteiger partial charge is 0.410 e. The number of aromatic nitrogens is 2. The van der Waals surface area contributed by atoms with Crippen molar-refractivity contribution in [3.05, 3.63) is 69.7 Å². The second-order valence-corrected chi connectivity index (χ2v) is 9.46. The highest BCUT2D eigenvalue weighted by Crippen LogP contribution is 2.33. The Morgan fingerprint density at radius 3 is 2.42 bits per heavy atom. The zero-order valence-electron chi connectivity index (χ0n) is 18.7. The van der Waals surface area contributed by atoms with Crippen LogP contribution >= 0.6 is 15.9 Å². The van der Waals surface area contributed by atoms with Crippen molar-refractivity contribution in [2.45, 2.75) is 46.1 Å². The molecular formula is C25H30BrN3O2. The molecule has 0 atom stereocenters. The summed E-state index contributed by atoms with van der Waals surface area (Å²) in [7, 11) is 0. The molecule has 1 N–H and O–H groups in total. The van der Waals surface area contributed by atoms with Crippen molar-refractivity contribution in [2.24, 2.45) is 0 Å². The molecular weight excluding hydrogens is 454 g/mol. The number of H-pyrrole nitrogens is 1. The first-order valence-electron chi connectivity index (χ1n) is 10.5. The lowest BCUT2D eigenvalue weighted by molar-refractivity contribution is 0.0236. The maximum Gasteiger partial charge on any atom is 0.410 e. The number of hydrogen-bond acceptors (Lipinski definition) is 3. The summed E-state index contributed by atoms with van der Waals surface area (Å²) >= 11 is 3.52. The highest BCUT2D eigenvalue weighted by molar-refractivity contribution is 9.10. The van der Waals surface area contributed by atoms with E-state index < -0.39 is 5.60 Å². The van der Waals surface area contributed by atoms with Gasteiger partial charge in [0.05, 0.1) is 11.4 Å². The summed E-state index contributed by atoms with van der Waals surface area (Å²) in [6, 6.07) is 8.27. The fourth-order valence-corrected chi connectivity index (χ4v) is 3.89. The molecule has 1 fully saturated rings. The molecule has 0 radical (unpaired) electrons. The normalized spacial score (nSPS) is 14.7. The number of nitrogens with one attached hydrogen (secondary N) is 1. The van der Waals surface area contributed by atoms with Crippen LogP contribution in [0.5, 0.6) is 0 Å². The third-order valence-electron chi connectivity index (χ3n) is 5.03. The van der Waals surface area contributed by atoms with E-state index in [1.165, 1.54) is 5.57 Å². The number of carbonyl (C=O) groups excluding carboxylic acids is 1. The van der Waals surface area contributed by atoms with Crippen LogP contribution in [0.15, 0.2) is 47.0 Å². The number of nitrogens with zero attached hydrogens (tertiary/aromatic N) is 2. The molecule has 1 aliphatic heterocycles. The van der Waals surface area contributed by atoms with E-state index in [1.54, 1.807) is 11.0 Å². The molecule has 3 rings (SSSR count). The summed E-state index contributed by atoms with van der Waals surface area (Å²) in [5.41, 5.74) is 4.74. The number of ether oxygens (including phenoxy) is 1. The zero-order valence-corrected chi connectivity index (χ0v) is 20.3. The predicted octanol–water partition coefficient (Wildman–Crippen LogP) is 6.68. The Balaban J connectivity index is 1.96. The standard InChI is InChI=1S/C25H30BrN3O2/c1-6-8-21-20(7-2)27-23(28-21)22(17-9-11-19(26)12-10-17)18-13-15-29(16-14-18)24(30)31-25(3,4)5/h6-12H,2,13-16H2,1,3-5H3,(H,27,28)/b8-6-. The average molecular weight is 484 g/mol. The van der Waals surface area contributed by atoms with Crippen LogP contribution in [0, 0.1) is 0 Å². The second kappa shape index (κ2) is 9.69. The van der Waals surface area contributed by atoms with Gasteiger partial charge in [0, 0.05) is 23.1 Å². The van der Waals surface area contributed by atoms with E-state index in [0.717, 1.165) is 45.7 Å². The van der Waals surface area contributed by atoms with Gasteiger partial charge in [-0.15, -0.1) is 0 Å². The summed E-state index contributed by atoms with van der Waals surface area (Å²) < 4.78 is 6.57. The summed E-state index contributed by atoms with van der Waals surface area (Å²) in [5.74, 6) is 0.825. The fourth-order valence-electron chi connectivity index (χ4n) is 3.63. The number of imidazole rings is 1. The minimum atomic E-state index is -0.492. The minimum absolute atomic E-state index is 0.251. The summed E-state index contributed by atoms with van der Waals surface area (Å²) in [6.07, 6.45) is 7.05. The van der Waals surface area contributed by atoms with Crippen LogP contribution in [-0.2, 0) is 4.74 Å². The monoisotopic (exact) mass is 483 g/mol. The number of hydrogen-bond donors (Lipinski definition) is 1. The van der Waals surface area contributed by atoms with Crippen molar-refractivity contribution >= 4 is 39.7 Å². The number of piperidine rings is 1. The van der Waals surface area contributed by atoms with E-state index in [4.69, 9.17) is 9.72 Å². The van der Waals surface area contributed by atoms with Gasteiger partial charge in [0.15, 0.2) is 0 Å². The van der Waals surface area contributed by atoms with Crippen molar-refractivity contribution in [1.29, 1.82) is 0 Å². The first kappa shape index (κ1) is 23.1. The van der Waals surface area contributed by atoms with Gasteiger partial charge < -0.3 is 14.6 Å². The molecule has 164 valence electrons. The molecule has 1 amide bonds. The second-order valence-electron chi connectivity index (χ2n) is 8.54. The third kappa shape index (κ3) is 5.76. The molecule has 2 heterocycles. The molecule has 5 nitrogen and oxygen atoms in total. The first-order chi connectivity index (χ1) is 14.7. The third-order valence-corrected chi connectivity index (χ3v) is 5.56. The fraction of sp³-hybridized carbons (Fsp3) is 0.360. The number of carbonyl (C=O) groups is 1. The predicted molar refractivity (Wildman–Crippen MR) is 131 cm³/mol. The molecule has 1 aromatic carbocycles. The van der Waals surface area contributed by atoms with Gasteiger partial charge in [-0.2, -0.15) is 0 Å². The van der Waals surface area contributed by atoms with Gasteiger partial charge in [-0.1, -0.05) is 46.3 Å². The van der Waals surface area contributed by atoms with Gasteiger partial charge in [-0.05, 0) is 70.4 Å². The van der Waals surface area contributed by atoms with E-state index in [9.17, 15) is 4.79 Å². The number of likely N-dealkylation sites (tertiary alicyclic amines) is 1. The quantitative estimate of drug-likeness (QED) is 0.527. The summed E-state index contributed by atoms with van der Waals surface area (Å²) in [6.45, 7) is 12.8. The van der Waals surface area contributed by atoms with Gasteiger partial charge in [-0.3, -0.25) is 0 Å². The minimum Gasteiger partial charge on any atom is -0.444 e. The molecule has 1 aromatic heterocycles. The Morgan fingerprint density at radius 1 is 1.23 bits per heavy atom. The van der Waals surface area contributed by atoms with E-state index in [1.807, 2.05) is 52.0 Å². The zero-order chi connectivity index (χ0) is 22.6. The Labute approximate surface area is 193 Å². The Bertz CT molecular complexity index is 1000. The van der Waals surface area contributed by atoms with Crippen LogP contribution in [0.25, 0.3) is 17.7 Å². The molecule has 2 aromatic rings. The Hall–Kier alpha value is -2.60. The van der Waals surface area contributed by atoms with Gasteiger partial charge in [-0.25, -0.2) is 9.78 Å². The largest absolute Gasteiger partial charge is 0.444 e. The van der Waals surface area contributed by atoms with Crippen molar-refractivity contribution in [2.75, 3.05) is 13.1 Å². The molecule has 31 heavy (non-hydrogen) atoms. The van der Waals surface area contributed by atoms with Crippen LogP contribution < -0.4 is 0 Å². The Kier molecular flexibility index (Phi) is 7.21. The molecule has 0 spiro atoms. The lowest BCUT2D eigenvalue weighted by Crippen LogP contribution is -2.40. The van der Waals surface area contributed by atoms with Crippen molar-refractivity contribution in [1.82, 2.24) is 14.9 Å². The number of allylic oxidation sites excluding steroid dienone is 1. The van der Waals surface area contributed by atoms with E-state index in [2.05, 4.69) is 39.6 Å². The van der Waals surface area contributed by atoms with Crippen molar-refractivity contribution in [3.8, 4) is 0 Å². The maximum atomic E-state index is 12.5. The molecule has 0 aliphatic carbocycles. The maximum absolute atomic E-state index is 12.5. The molecule has 0 unspecified atom stereocenters. The number of rotatable bonds is 4. The van der Waals surface area contributed by atoms with Gasteiger partial charge in [0.25, 0.3) is 0 Å². The highest BCUT2D eigenvalue weighted by atomic mass is 79.9. The summed E-state index contributed by atoms with van der Waals surface area (Å²) in [4.78, 5) is 22.5. The molecule has 6 heteroatoms. The van der Waals surface area contributed by atoms with Crippen molar-refractivity contribution < 1.29 is 9.53 Å². The highest BCUT2D eigenvalue weighted by Gasteiger charge is 2.27. The number of aromatic amines is 1. The lowest BCUT2D eigenvalue weighted by Gasteiger charge is -2.31.